The Labute approximate surface area is 168 Å². The first-order valence-corrected chi connectivity index (χ1v) is 10.3. The number of piperidine rings is 1. The fraction of sp³-hybridized carbons (Fsp3) is 0.478. The van der Waals surface area contributed by atoms with Crippen LogP contribution >= 0.6 is 0 Å². The molecule has 1 N–H and O–H groups in total. The number of nitrogens with one attached hydrogen (secondary N) is 1. The minimum Gasteiger partial charge on any atom is -0.338 e. The molecule has 1 fully saturated rings. The predicted molar refractivity (Wildman–Crippen MR) is 113 cm³/mol. The van der Waals surface area contributed by atoms with Gasteiger partial charge in [-0.15, -0.1) is 0 Å². The van der Waals surface area contributed by atoms with Crippen LogP contribution in [0.4, 0.5) is 4.79 Å². The summed E-state index contributed by atoms with van der Waals surface area (Å²) in [6, 6.07) is 14.6. The van der Waals surface area contributed by atoms with Crippen molar-refractivity contribution in [2.75, 3.05) is 33.2 Å². The van der Waals surface area contributed by atoms with Gasteiger partial charge in [0.1, 0.15) is 0 Å². The average Bonchev–Trinajstić information content (AvgIpc) is 2.77. The van der Waals surface area contributed by atoms with Crippen LogP contribution in [0.2, 0.25) is 0 Å². The molecule has 1 aromatic carbocycles. The molecule has 0 bridgehead atoms. The monoisotopic (exact) mass is 380 g/mol. The SMILES string of the molecule is C[C@H](c1ccncc1)N(C)C(=O)NCC1CCN(CCc2ccccc2)CC1. The van der Waals surface area contributed by atoms with E-state index < -0.39 is 0 Å². The molecule has 1 aliphatic heterocycles. The number of rotatable bonds is 7. The van der Waals surface area contributed by atoms with E-state index in [1.807, 2.05) is 26.1 Å². The van der Waals surface area contributed by atoms with E-state index in [0.29, 0.717) is 5.92 Å². The lowest BCUT2D eigenvalue weighted by atomic mass is 9.96. The Morgan fingerprint density at radius 1 is 1.18 bits per heavy atom. The van der Waals surface area contributed by atoms with Gasteiger partial charge in [-0.2, -0.15) is 0 Å². The molecule has 5 heteroatoms. The summed E-state index contributed by atoms with van der Waals surface area (Å²) in [7, 11) is 1.85. The Morgan fingerprint density at radius 3 is 2.54 bits per heavy atom. The maximum atomic E-state index is 12.5. The molecule has 28 heavy (non-hydrogen) atoms. The van der Waals surface area contributed by atoms with Crippen LogP contribution in [0.1, 0.15) is 36.9 Å². The number of nitrogens with zero attached hydrogens (tertiary/aromatic N) is 3. The minimum atomic E-state index is -0.00387. The lowest BCUT2D eigenvalue weighted by molar-refractivity contribution is 0.172. The fourth-order valence-corrected chi connectivity index (χ4v) is 3.74. The van der Waals surface area contributed by atoms with Gasteiger partial charge in [-0.1, -0.05) is 30.3 Å². The fourth-order valence-electron chi connectivity index (χ4n) is 3.74. The lowest BCUT2D eigenvalue weighted by Gasteiger charge is -2.33. The summed E-state index contributed by atoms with van der Waals surface area (Å²) >= 11 is 0. The Hall–Kier alpha value is -2.40. The van der Waals surface area contributed by atoms with Crippen LogP contribution in [0.5, 0.6) is 0 Å². The molecule has 150 valence electrons. The summed E-state index contributed by atoms with van der Waals surface area (Å²) in [5.74, 6) is 0.571. The van der Waals surface area contributed by atoms with E-state index in [0.717, 1.165) is 51.0 Å². The van der Waals surface area contributed by atoms with Gasteiger partial charge in [0, 0.05) is 32.5 Å². The van der Waals surface area contributed by atoms with Crippen molar-refractivity contribution in [3.05, 3.63) is 66.0 Å². The highest BCUT2D eigenvalue weighted by molar-refractivity contribution is 5.74. The number of pyridine rings is 1. The van der Waals surface area contributed by atoms with Crippen molar-refractivity contribution < 1.29 is 4.79 Å². The summed E-state index contributed by atoms with van der Waals surface area (Å²) in [4.78, 5) is 20.9. The zero-order valence-electron chi connectivity index (χ0n) is 17.1. The van der Waals surface area contributed by atoms with Gasteiger partial charge in [-0.3, -0.25) is 4.98 Å². The molecule has 1 aliphatic rings. The maximum absolute atomic E-state index is 12.5. The van der Waals surface area contributed by atoms with Crippen LogP contribution in [-0.4, -0.2) is 54.0 Å². The van der Waals surface area contributed by atoms with Crippen LogP contribution in [0.3, 0.4) is 0 Å². The molecule has 2 amide bonds. The van der Waals surface area contributed by atoms with Crippen LogP contribution in [0, 0.1) is 5.92 Å². The van der Waals surface area contributed by atoms with Crippen molar-refractivity contribution in [2.45, 2.75) is 32.2 Å². The number of aromatic nitrogens is 1. The van der Waals surface area contributed by atoms with Crippen molar-refractivity contribution in [1.82, 2.24) is 20.1 Å². The predicted octanol–water partition coefficient (Wildman–Crippen LogP) is 3.74. The number of benzene rings is 1. The topological polar surface area (TPSA) is 48.5 Å². The first-order chi connectivity index (χ1) is 13.6. The Kier molecular flexibility index (Phi) is 7.43. The maximum Gasteiger partial charge on any atom is 0.317 e. The van der Waals surface area contributed by atoms with Crippen LogP contribution in [0.25, 0.3) is 0 Å². The lowest BCUT2D eigenvalue weighted by Crippen LogP contribution is -2.43. The number of hydrogen-bond donors (Lipinski definition) is 1. The van der Waals surface area contributed by atoms with E-state index in [1.54, 1.807) is 17.3 Å². The molecule has 5 nitrogen and oxygen atoms in total. The third kappa shape index (κ3) is 5.80. The molecule has 0 aliphatic carbocycles. The normalized spacial score (nSPS) is 16.5. The number of carbonyl (C=O) groups excluding carboxylic acids is 1. The highest BCUT2D eigenvalue weighted by Gasteiger charge is 2.21. The Balaban J connectivity index is 1.36. The molecular formula is C23H32N4O. The number of hydrogen-bond acceptors (Lipinski definition) is 3. The first-order valence-electron chi connectivity index (χ1n) is 10.3. The molecule has 0 unspecified atom stereocenters. The van der Waals surface area contributed by atoms with Gasteiger partial charge < -0.3 is 15.1 Å². The van der Waals surface area contributed by atoms with E-state index in [4.69, 9.17) is 0 Å². The number of urea groups is 1. The largest absolute Gasteiger partial charge is 0.338 e. The average molecular weight is 381 g/mol. The van der Waals surface area contributed by atoms with Crippen molar-refractivity contribution in [3.63, 3.8) is 0 Å². The van der Waals surface area contributed by atoms with E-state index in [9.17, 15) is 4.79 Å². The van der Waals surface area contributed by atoms with Crippen molar-refractivity contribution in [2.24, 2.45) is 5.92 Å². The van der Waals surface area contributed by atoms with Crippen LogP contribution in [-0.2, 0) is 6.42 Å². The summed E-state index contributed by atoms with van der Waals surface area (Å²) in [6.07, 6.45) is 6.95. The third-order valence-electron chi connectivity index (χ3n) is 5.90. The van der Waals surface area contributed by atoms with Gasteiger partial charge in [-0.25, -0.2) is 4.79 Å². The van der Waals surface area contributed by atoms with E-state index in [1.165, 1.54) is 5.56 Å². The number of carbonyl (C=O) groups is 1. The third-order valence-corrected chi connectivity index (χ3v) is 5.90. The molecule has 3 rings (SSSR count). The second-order valence-electron chi connectivity index (χ2n) is 7.77. The van der Waals surface area contributed by atoms with Crippen molar-refractivity contribution in [1.29, 1.82) is 0 Å². The second kappa shape index (κ2) is 10.2. The molecule has 2 aromatic rings. The van der Waals surface area contributed by atoms with Crippen molar-refractivity contribution >= 4 is 6.03 Å². The summed E-state index contributed by atoms with van der Waals surface area (Å²) < 4.78 is 0. The van der Waals surface area contributed by atoms with Gasteiger partial charge in [0.15, 0.2) is 0 Å². The standard InChI is InChI=1S/C23H32N4O/c1-19(22-8-13-24-14-9-22)26(2)23(28)25-18-21-11-16-27(17-12-21)15-10-20-6-4-3-5-7-20/h3-9,13-14,19,21H,10-12,15-18H2,1-2H3,(H,25,28)/t19-/m1/s1. The molecule has 1 saturated heterocycles. The smallest absolute Gasteiger partial charge is 0.317 e. The summed E-state index contributed by atoms with van der Waals surface area (Å²) in [5.41, 5.74) is 2.50. The molecule has 1 aromatic heterocycles. The summed E-state index contributed by atoms with van der Waals surface area (Å²) in [5, 5.41) is 3.13. The molecular weight excluding hydrogens is 348 g/mol. The second-order valence-corrected chi connectivity index (χ2v) is 7.77. The van der Waals surface area contributed by atoms with E-state index >= 15 is 0 Å². The number of amides is 2. The number of likely N-dealkylation sites (tertiary alicyclic amines) is 1. The van der Waals surface area contributed by atoms with Gasteiger partial charge in [0.2, 0.25) is 0 Å². The van der Waals surface area contributed by atoms with Gasteiger partial charge >= 0.3 is 6.03 Å². The summed E-state index contributed by atoms with van der Waals surface area (Å²) in [6.45, 7) is 6.17. The zero-order valence-corrected chi connectivity index (χ0v) is 17.1. The quantitative estimate of drug-likeness (QED) is 0.796. The molecule has 0 saturated carbocycles. The zero-order chi connectivity index (χ0) is 19.8. The van der Waals surface area contributed by atoms with Crippen LogP contribution in [0.15, 0.2) is 54.9 Å². The highest BCUT2D eigenvalue weighted by atomic mass is 16.2. The molecule has 1 atom stereocenters. The molecule has 2 heterocycles. The van der Waals surface area contributed by atoms with Gasteiger partial charge in [-0.05, 0) is 68.5 Å². The Bertz CT molecular complexity index is 714. The molecule has 0 radical (unpaired) electrons. The highest BCUT2D eigenvalue weighted by Crippen LogP contribution is 2.19. The van der Waals surface area contributed by atoms with E-state index in [2.05, 4.69) is 45.5 Å². The van der Waals surface area contributed by atoms with Gasteiger partial charge in [0.05, 0.1) is 6.04 Å². The first kappa shape index (κ1) is 20.3. The van der Waals surface area contributed by atoms with Crippen LogP contribution < -0.4 is 5.32 Å². The van der Waals surface area contributed by atoms with Crippen molar-refractivity contribution in [3.8, 4) is 0 Å². The van der Waals surface area contributed by atoms with Gasteiger partial charge in [0.25, 0.3) is 0 Å². The van der Waals surface area contributed by atoms with E-state index in [-0.39, 0.29) is 12.1 Å². The minimum absolute atomic E-state index is 0.00387. The molecule has 0 spiro atoms. The Morgan fingerprint density at radius 2 is 1.86 bits per heavy atom.